The summed E-state index contributed by atoms with van der Waals surface area (Å²) >= 11 is 1.94. The molecule has 4 heteroatoms. The quantitative estimate of drug-likeness (QED) is 0.880. The highest BCUT2D eigenvalue weighted by Gasteiger charge is 2.24. The van der Waals surface area contributed by atoms with Gasteiger partial charge < -0.3 is 10.6 Å². The van der Waals surface area contributed by atoms with E-state index in [2.05, 4.69) is 35.9 Å². The number of rotatable bonds is 4. The largest absolute Gasteiger partial charge is 0.329 e. The lowest BCUT2D eigenvalue weighted by molar-refractivity contribution is 0.0890. The molecule has 2 rings (SSSR count). The molecular formula is C13H23N3S. The molecule has 1 fully saturated rings. The third-order valence-corrected chi connectivity index (χ3v) is 4.72. The van der Waals surface area contributed by atoms with Crippen molar-refractivity contribution in [1.82, 2.24) is 9.80 Å². The SMILES string of the molecule is CCc1ccc(CN2CCN(C)CC2CN)s1. The van der Waals surface area contributed by atoms with Crippen LogP contribution in [0.25, 0.3) is 0 Å². The van der Waals surface area contributed by atoms with Crippen molar-refractivity contribution < 1.29 is 0 Å². The molecule has 0 saturated carbocycles. The van der Waals surface area contributed by atoms with Gasteiger partial charge in [-0.3, -0.25) is 4.90 Å². The molecule has 1 atom stereocenters. The number of aryl methyl sites for hydroxylation is 1. The second kappa shape index (κ2) is 5.96. The van der Waals surface area contributed by atoms with Crippen LogP contribution in [-0.2, 0) is 13.0 Å². The number of hydrogen-bond acceptors (Lipinski definition) is 4. The van der Waals surface area contributed by atoms with Crippen molar-refractivity contribution in [2.45, 2.75) is 25.9 Å². The topological polar surface area (TPSA) is 32.5 Å². The number of likely N-dealkylation sites (N-methyl/N-ethyl adjacent to an activating group) is 1. The Morgan fingerprint density at radius 1 is 1.35 bits per heavy atom. The van der Waals surface area contributed by atoms with Crippen molar-refractivity contribution in [1.29, 1.82) is 0 Å². The maximum absolute atomic E-state index is 5.88. The Hall–Kier alpha value is -0.420. The van der Waals surface area contributed by atoms with Gasteiger partial charge in [0.05, 0.1) is 0 Å². The van der Waals surface area contributed by atoms with Gasteiger partial charge in [-0.05, 0) is 25.6 Å². The lowest BCUT2D eigenvalue weighted by Crippen LogP contribution is -2.54. The first-order valence-corrected chi connectivity index (χ1v) is 7.24. The van der Waals surface area contributed by atoms with Crippen LogP contribution in [0, 0.1) is 0 Å². The van der Waals surface area contributed by atoms with Crippen LogP contribution in [0.5, 0.6) is 0 Å². The fourth-order valence-electron chi connectivity index (χ4n) is 2.38. The minimum absolute atomic E-state index is 0.515. The normalized spacial score (nSPS) is 23.1. The highest BCUT2D eigenvalue weighted by Crippen LogP contribution is 2.20. The molecule has 3 nitrogen and oxygen atoms in total. The third kappa shape index (κ3) is 3.28. The molecule has 1 aliphatic rings. The number of nitrogens with two attached hydrogens (primary N) is 1. The molecule has 1 aromatic rings. The molecule has 96 valence electrons. The van der Waals surface area contributed by atoms with Crippen molar-refractivity contribution in [3.05, 3.63) is 21.9 Å². The van der Waals surface area contributed by atoms with Gasteiger partial charge in [-0.1, -0.05) is 6.92 Å². The van der Waals surface area contributed by atoms with E-state index in [9.17, 15) is 0 Å². The molecule has 0 amide bonds. The highest BCUT2D eigenvalue weighted by molar-refractivity contribution is 7.11. The van der Waals surface area contributed by atoms with E-state index in [-0.39, 0.29) is 0 Å². The Labute approximate surface area is 108 Å². The summed E-state index contributed by atoms with van der Waals surface area (Å²) in [7, 11) is 2.18. The van der Waals surface area contributed by atoms with E-state index in [1.165, 1.54) is 9.75 Å². The van der Waals surface area contributed by atoms with E-state index in [1.807, 2.05) is 11.3 Å². The molecule has 0 aliphatic carbocycles. The van der Waals surface area contributed by atoms with Crippen molar-refractivity contribution >= 4 is 11.3 Å². The summed E-state index contributed by atoms with van der Waals surface area (Å²) in [4.78, 5) is 7.87. The standard InChI is InChI=1S/C13H23N3S/c1-3-12-4-5-13(17-12)10-16-7-6-15(2)9-11(16)8-14/h4-5,11H,3,6-10,14H2,1-2H3. The highest BCUT2D eigenvalue weighted by atomic mass is 32.1. The predicted molar refractivity (Wildman–Crippen MR) is 74.4 cm³/mol. The molecule has 17 heavy (non-hydrogen) atoms. The molecule has 0 spiro atoms. The summed E-state index contributed by atoms with van der Waals surface area (Å²) in [5, 5.41) is 0. The van der Waals surface area contributed by atoms with Crippen molar-refractivity contribution in [2.24, 2.45) is 5.73 Å². The zero-order chi connectivity index (χ0) is 12.3. The van der Waals surface area contributed by atoms with Crippen LogP contribution >= 0.6 is 11.3 Å². The van der Waals surface area contributed by atoms with Crippen molar-refractivity contribution in [3.8, 4) is 0 Å². The van der Waals surface area contributed by atoms with E-state index in [1.54, 1.807) is 0 Å². The van der Waals surface area contributed by atoms with E-state index in [4.69, 9.17) is 5.73 Å². The monoisotopic (exact) mass is 253 g/mol. The third-order valence-electron chi connectivity index (χ3n) is 3.50. The number of piperazine rings is 1. The minimum atomic E-state index is 0.515. The molecule has 1 saturated heterocycles. The lowest BCUT2D eigenvalue weighted by atomic mass is 10.1. The van der Waals surface area contributed by atoms with E-state index >= 15 is 0 Å². The summed E-state index contributed by atoms with van der Waals surface area (Å²) in [5.41, 5.74) is 5.88. The first-order valence-electron chi connectivity index (χ1n) is 6.43. The summed E-state index contributed by atoms with van der Waals surface area (Å²) in [5.74, 6) is 0. The lowest BCUT2D eigenvalue weighted by Gasteiger charge is -2.39. The van der Waals surface area contributed by atoms with Crippen LogP contribution in [0.15, 0.2) is 12.1 Å². The van der Waals surface area contributed by atoms with Gasteiger partial charge in [-0.25, -0.2) is 0 Å². The summed E-state index contributed by atoms with van der Waals surface area (Å²) in [6.07, 6.45) is 1.15. The van der Waals surface area contributed by atoms with Crippen LogP contribution in [0.3, 0.4) is 0 Å². The van der Waals surface area contributed by atoms with Gasteiger partial charge in [0.2, 0.25) is 0 Å². The van der Waals surface area contributed by atoms with Gasteiger partial charge in [0, 0.05) is 48.5 Å². The van der Waals surface area contributed by atoms with Crippen molar-refractivity contribution in [2.75, 3.05) is 33.2 Å². The fourth-order valence-corrected chi connectivity index (χ4v) is 3.36. The van der Waals surface area contributed by atoms with Gasteiger partial charge in [0.1, 0.15) is 0 Å². The van der Waals surface area contributed by atoms with Gasteiger partial charge in [0.15, 0.2) is 0 Å². The van der Waals surface area contributed by atoms with Gasteiger partial charge in [-0.15, -0.1) is 11.3 Å². The molecule has 1 unspecified atom stereocenters. The fraction of sp³-hybridized carbons (Fsp3) is 0.692. The molecule has 2 heterocycles. The van der Waals surface area contributed by atoms with Crippen LogP contribution in [0.4, 0.5) is 0 Å². The molecule has 0 aromatic carbocycles. The Morgan fingerprint density at radius 2 is 2.12 bits per heavy atom. The zero-order valence-electron chi connectivity index (χ0n) is 10.9. The van der Waals surface area contributed by atoms with Crippen LogP contribution in [0.1, 0.15) is 16.7 Å². The predicted octanol–water partition coefficient (Wildman–Crippen LogP) is 1.39. The number of hydrogen-bond donors (Lipinski definition) is 1. The molecule has 0 bridgehead atoms. The Balaban J connectivity index is 1.97. The van der Waals surface area contributed by atoms with Crippen LogP contribution in [-0.4, -0.2) is 49.1 Å². The average Bonchev–Trinajstić information content (AvgIpc) is 2.79. The van der Waals surface area contributed by atoms with Gasteiger partial charge in [0.25, 0.3) is 0 Å². The van der Waals surface area contributed by atoms with Gasteiger partial charge >= 0.3 is 0 Å². The average molecular weight is 253 g/mol. The number of nitrogens with zero attached hydrogens (tertiary/aromatic N) is 2. The summed E-state index contributed by atoms with van der Waals surface area (Å²) < 4.78 is 0. The van der Waals surface area contributed by atoms with E-state index in [0.717, 1.165) is 39.1 Å². The minimum Gasteiger partial charge on any atom is -0.329 e. The summed E-state index contributed by atoms with van der Waals surface area (Å²) in [6.45, 7) is 7.44. The van der Waals surface area contributed by atoms with Crippen LogP contribution in [0.2, 0.25) is 0 Å². The second-order valence-electron chi connectivity index (χ2n) is 4.84. The zero-order valence-corrected chi connectivity index (χ0v) is 11.7. The maximum Gasteiger partial charge on any atom is 0.0349 e. The number of thiophene rings is 1. The molecule has 1 aromatic heterocycles. The summed E-state index contributed by atoms with van der Waals surface area (Å²) in [6, 6.07) is 5.05. The van der Waals surface area contributed by atoms with Crippen molar-refractivity contribution in [3.63, 3.8) is 0 Å². The van der Waals surface area contributed by atoms with Crippen LogP contribution < -0.4 is 5.73 Å². The molecule has 0 radical (unpaired) electrons. The first kappa shape index (κ1) is 13.0. The van der Waals surface area contributed by atoms with Gasteiger partial charge in [-0.2, -0.15) is 0 Å². The first-order chi connectivity index (χ1) is 8.22. The maximum atomic E-state index is 5.88. The Morgan fingerprint density at radius 3 is 2.76 bits per heavy atom. The smallest absolute Gasteiger partial charge is 0.0349 e. The molecule has 1 aliphatic heterocycles. The molecule has 2 N–H and O–H groups in total. The van der Waals surface area contributed by atoms with E-state index < -0.39 is 0 Å². The Bertz CT molecular complexity index is 350. The molecular weight excluding hydrogens is 230 g/mol. The second-order valence-corrected chi connectivity index (χ2v) is 6.10. The Kier molecular flexibility index (Phi) is 4.56. The van der Waals surface area contributed by atoms with E-state index in [0.29, 0.717) is 6.04 Å².